The fourth-order valence-corrected chi connectivity index (χ4v) is 1.85. The molecule has 0 bridgehead atoms. The molecule has 0 amide bonds. The highest BCUT2D eigenvalue weighted by molar-refractivity contribution is 9.10. The molecular weight excluding hydrogens is 278 g/mol. The van der Waals surface area contributed by atoms with Crippen LogP contribution >= 0.6 is 15.9 Å². The lowest BCUT2D eigenvalue weighted by Gasteiger charge is -2.13. The van der Waals surface area contributed by atoms with Crippen LogP contribution in [0.15, 0.2) is 16.6 Å². The van der Waals surface area contributed by atoms with E-state index in [0.29, 0.717) is 17.0 Å². The number of benzene rings is 1. The van der Waals surface area contributed by atoms with Crippen LogP contribution in [-0.2, 0) is 0 Å². The van der Waals surface area contributed by atoms with Crippen LogP contribution in [0.3, 0.4) is 0 Å². The summed E-state index contributed by atoms with van der Waals surface area (Å²) in [6, 6.07) is 2.52. The topological polar surface area (TPSA) is 9.23 Å². The molecular formula is C12H15BrF2O. The van der Waals surface area contributed by atoms with Crippen LogP contribution in [0.4, 0.5) is 8.78 Å². The molecule has 1 atom stereocenters. The molecule has 0 fully saturated rings. The van der Waals surface area contributed by atoms with Crippen LogP contribution in [0, 0.1) is 17.6 Å². The van der Waals surface area contributed by atoms with Crippen molar-refractivity contribution in [2.45, 2.75) is 26.7 Å². The zero-order valence-electron chi connectivity index (χ0n) is 9.40. The number of ether oxygens (including phenoxy) is 1. The molecule has 1 aromatic carbocycles. The molecule has 1 rings (SSSR count). The van der Waals surface area contributed by atoms with E-state index in [1.807, 2.05) is 6.92 Å². The van der Waals surface area contributed by atoms with E-state index >= 15 is 0 Å². The van der Waals surface area contributed by atoms with Gasteiger partial charge in [0.2, 0.25) is 5.82 Å². The largest absolute Gasteiger partial charge is 0.490 e. The summed E-state index contributed by atoms with van der Waals surface area (Å²) in [5.74, 6) is -1.51. The number of hydrogen-bond acceptors (Lipinski definition) is 1. The highest BCUT2D eigenvalue weighted by Gasteiger charge is 2.12. The van der Waals surface area contributed by atoms with E-state index in [1.54, 1.807) is 0 Å². The third-order valence-electron chi connectivity index (χ3n) is 2.26. The third-order valence-corrected chi connectivity index (χ3v) is 2.72. The Morgan fingerprint density at radius 3 is 2.69 bits per heavy atom. The summed E-state index contributed by atoms with van der Waals surface area (Å²) in [5.41, 5.74) is 0. The molecule has 0 aliphatic rings. The second kappa shape index (κ2) is 6.18. The van der Waals surface area contributed by atoms with Crippen molar-refractivity contribution in [3.05, 3.63) is 28.2 Å². The Morgan fingerprint density at radius 1 is 1.38 bits per heavy atom. The lowest BCUT2D eigenvalue weighted by molar-refractivity contribution is 0.238. The maximum Gasteiger partial charge on any atom is 0.200 e. The van der Waals surface area contributed by atoms with Gasteiger partial charge >= 0.3 is 0 Å². The van der Waals surface area contributed by atoms with Crippen molar-refractivity contribution in [1.29, 1.82) is 0 Å². The predicted molar refractivity (Wildman–Crippen MR) is 63.6 cm³/mol. The summed E-state index contributed by atoms with van der Waals surface area (Å²) in [7, 11) is 0. The maximum absolute atomic E-state index is 13.3. The van der Waals surface area contributed by atoms with Crippen molar-refractivity contribution in [2.75, 3.05) is 6.61 Å². The zero-order chi connectivity index (χ0) is 12.1. The normalized spacial score (nSPS) is 12.6. The SMILES string of the molecule is CCCC(C)COc1cc(Br)cc(F)c1F. The molecule has 1 nitrogen and oxygen atoms in total. The molecule has 0 spiro atoms. The summed E-state index contributed by atoms with van der Waals surface area (Å²) in [6.07, 6.45) is 2.07. The van der Waals surface area contributed by atoms with E-state index in [2.05, 4.69) is 22.9 Å². The molecule has 0 saturated carbocycles. The van der Waals surface area contributed by atoms with E-state index in [4.69, 9.17) is 4.74 Å². The first-order valence-corrected chi connectivity index (χ1v) is 6.11. The van der Waals surface area contributed by atoms with Gasteiger partial charge in [0.15, 0.2) is 11.6 Å². The van der Waals surface area contributed by atoms with Crippen LogP contribution in [0.1, 0.15) is 26.7 Å². The lowest BCUT2D eigenvalue weighted by atomic mass is 10.1. The Labute approximate surface area is 103 Å². The minimum absolute atomic E-state index is 0.0326. The summed E-state index contributed by atoms with van der Waals surface area (Å²) in [6.45, 7) is 4.51. The smallest absolute Gasteiger partial charge is 0.200 e. The van der Waals surface area contributed by atoms with Gasteiger partial charge in [0.1, 0.15) is 0 Å². The molecule has 0 N–H and O–H groups in total. The van der Waals surface area contributed by atoms with Gasteiger partial charge < -0.3 is 4.74 Å². The fraction of sp³-hybridized carbons (Fsp3) is 0.500. The average molecular weight is 293 g/mol. The van der Waals surface area contributed by atoms with Crippen LogP contribution < -0.4 is 4.74 Å². The van der Waals surface area contributed by atoms with Crippen molar-refractivity contribution in [1.82, 2.24) is 0 Å². The van der Waals surface area contributed by atoms with Crippen molar-refractivity contribution < 1.29 is 13.5 Å². The van der Waals surface area contributed by atoms with Gasteiger partial charge in [-0.25, -0.2) is 4.39 Å². The minimum atomic E-state index is -0.924. The molecule has 0 aliphatic heterocycles. The summed E-state index contributed by atoms with van der Waals surface area (Å²) in [5, 5.41) is 0. The first-order valence-electron chi connectivity index (χ1n) is 5.32. The van der Waals surface area contributed by atoms with Gasteiger partial charge in [-0.1, -0.05) is 36.2 Å². The Hall–Kier alpha value is -0.640. The Kier molecular flexibility index (Phi) is 5.19. The van der Waals surface area contributed by atoms with Crippen molar-refractivity contribution >= 4 is 15.9 Å². The standard InChI is InChI=1S/C12H15BrF2O/c1-3-4-8(2)7-16-11-6-9(13)5-10(14)12(11)15/h5-6,8H,3-4,7H2,1-2H3. The number of hydrogen-bond donors (Lipinski definition) is 0. The fourth-order valence-electron chi connectivity index (χ4n) is 1.45. The molecule has 0 heterocycles. The van der Waals surface area contributed by atoms with Crippen LogP contribution in [0.5, 0.6) is 5.75 Å². The Morgan fingerprint density at radius 2 is 2.06 bits per heavy atom. The van der Waals surface area contributed by atoms with Gasteiger partial charge in [0, 0.05) is 4.47 Å². The van der Waals surface area contributed by atoms with E-state index < -0.39 is 11.6 Å². The predicted octanol–water partition coefficient (Wildman–Crippen LogP) is 4.54. The molecule has 1 aromatic rings. The maximum atomic E-state index is 13.3. The van der Waals surface area contributed by atoms with Crippen molar-refractivity contribution in [2.24, 2.45) is 5.92 Å². The molecule has 16 heavy (non-hydrogen) atoms. The van der Waals surface area contributed by atoms with E-state index in [1.165, 1.54) is 6.07 Å². The molecule has 0 saturated heterocycles. The van der Waals surface area contributed by atoms with Crippen molar-refractivity contribution in [3.8, 4) is 5.75 Å². The van der Waals surface area contributed by atoms with Gasteiger partial charge in [-0.15, -0.1) is 0 Å². The van der Waals surface area contributed by atoms with Crippen LogP contribution in [-0.4, -0.2) is 6.61 Å². The van der Waals surface area contributed by atoms with Gasteiger partial charge in [-0.2, -0.15) is 4.39 Å². The van der Waals surface area contributed by atoms with Crippen LogP contribution in [0.25, 0.3) is 0 Å². The molecule has 0 aromatic heterocycles. The van der Waals surface area contributed by atoms with Crippen molar-refractivity contribution in [3.63, 3.8) is 0 Å². The third kappa shape index (κ3) is 3.74. The summed E-state index contributed by atoms with van der Waals surface area (Å²) >= 11 is 3.10. The molecule has 0 radical (unpaired) electrons. The first-order chi connectivity index (χ1) is 7.54. The van der Waals surface area contributed by atoms with Crippen LogP contribution in [0.2, 0.25) is 0 Å². The van der Waals surface area contributed by atoms with Gasteiger partial charge in [0.25, 0.3) is 0 Å². The molecule has 90 valence electrons. The quantitative estimate of drug-likeness (QED) is 0.724. The van der Waals surface area contributed by atoms with Gasteiger partial charge in [-0.3, -0.25) is 0 Å². The Bertz CT molecular complexity index is 355. The molecule has 4 heteroatoms. The van der Waals surface area contributed by atoms with E-state index in [0.717, 1.165) is 18.9 Å². The van der Waals surface area contributed by atoms with E-state index in [9.17, 15) is 8.78 Å². The monoisotopic (exact) mass is 292 g/mol. The molecule has 0 aliphatic carbocycles. The second-order valence-corrected chi connectivity index (χ2v) is 4.82. The van der Waals surface area contributed by atoms with E-state index in [-0.39, 0.29) is 5.75 Å². The lowest BCUT2D eigenvalue weighted by Crippen LogP contribution is -2.09. The van der Waals surface area contributed by atoms with Gasteiger partial charge in [0.05, 0.1) is 6.61 Å². The first kappa shape index (κ1) is 13.4. The number of rotatable bonds is 5. The number of halogens is 3. The van der Waals surface area contributed by atoms with Gasteiger partial charge in [-0.05, 0) is 24.5 Å². The molecule has 1 unspecified atom stereocenters. The average Bonchev–Trinajstić information content (AvgIpc) is 2.21. The zero-order valence-corrected chi connectivity index (χ0v) is 11.0. The highest BCUT2D eigenvalue weighted by atomic mass is 79.9. The summed E-state index contributed by atoms with van der Waals surface area (Å²) in [4.78, 5) is 0. The Balaban J connectivity index is 2.66. The minimum Gasteiger partial charge on any atom is -0.490 e. The summed E-state index contributed by atoms with van der Waals surface area (Å²) < 4.78 is 32.1. The highest BCUT2D eigenvalue weighted by Crippen LogP contribution is 2.25. The second-order valence-electron chi connectivity index (χ2n) is 3.90.